The summed E-state index contributed by atoms with van der Waals surface area (Å²) in [5.41, 5.74) is 2.28. The summed E-state index contributed by atoms with van der Waals surface area (Å²) in [6.45, 7) is 1.97. The molecule has 0 bridgehead atoms. The van der Waals surface area contributed by atoms with Gasteiger partial charge in [0.2, 0.25) is 10.0 Å². The molecule has 9 nitrogen and oxygen atoms in total. The van der Waals surface area contributed by atoms with E-state index in [0.29, 0.717) is 24.4 Å². The van der Waals surface area contributed by atoms with Gasteiger partial charge in [-0.2, -0.15) is 9.40 Å². The van der Waals surface area contributed by atoms with Crippen LogP contribution in [-0.4, -0.2) is 60.6 Å². The van der Waals surface area contributed by atoms with Gasteiger partial charge in [0.1, 0.15) is 17.3 Å². The van der Waals surface area contributed by atoms with Crippen LogP contribution in [0.4, 0.5) is 0 Å². The van der Waals surface area contributed by atoms with Crippen LogP contribution in [-0.2, 0) is 23.0 Å². The molecule has 3 aliphatic rings. The topological polar surface area (TPSA) is 116 Å². The van der Waals surface area contributed by atoms with Gasteiger partial charge in [-0.05, 0) is 31.5 Å². The molecule has 1 aromatic heterocycles. The van der Waals surface area contributed by atoms with Gasteiger partial charge in [-0.25, -0.2) is 8.42 Å². The number of hydrogen-bond acceptors (Lipinski definition) is 6. The van der Waals surface area contributed by atoms with Crippen LogP contribution in [0.3, 0.4) is 0 Å². The van der Waals surface area contributed by atoms with E-state index in [0.717, 1.165) is 24.2 Å². The number of nitrogens with zero attached hydrogens (tertiary/aromatic N) is 2. The van der Waals surface area contributed by atoms with E-state index in [9.17, 15) is 13.2 Å². The van der Waals surface area contributed by atoms with Crippen LogP contribution < -0.4 is 15.4 Å². The normalized spacial score (nSPS) is 25.7. The van der Waals surface area contributed by atoms with Gasteiger partial charge in [0, 0.05) is 24.7 Å². The molecule has 0 spiro atoms. The quantitative estimate of drug-likeness (QED) is 0.651. The van der Waals surface area contributed by atoms with Crippen molar-refractivity contribution in [1.29, 1.82) is 0 Å². The van der Waals surface area contributed by atoms with E-state index in [1.165, 1.54) is 4.31 Å². The average molecular weight is 403 g/mol. The Morgan fingerprint density at radius 1 is 1.32 bits per heavy atom. The number of nitrogens with one attached hydrogen (secondary N) is 3. The van der Waals surface area contributed by atoms with Gasteiger partial charge in [0.15, 0.2) is 5.69 Å². The fourth-order valence-electron chi connectivity index (χ4n) is 4.22. The van der Waals surface area contributed by atoms with Crippen molar-refractivity contribution >= 4 is 15.9 Å². The van der Waals surface area contributed by atoms with Gasteiger partial charge in [-0.3, -0.25) is 9.89 Å². The second-order valence-corrected chi connectivity index (χ2v) is 9.21. The van der Waals surface area contributed by atoms with Crippen LogP contribution >= 0.6 is 0 Å². The van der Waals surface area contributed by atoms with E-state index in [-0.39, 0.29) is 36.0 Å². The van der Waals surface area contributed by atoms with Gasteiger partial charge in [0.25, 0.3) is 5.91 Å². The zero-order chi connectivity index (χ0) is 19.3. The lowest BCUT2D eigenvalue weighted by atomic mass is 10.1. The van der Waals surface area contributed by atoms with Gasteiger partial charge >= 0.3 is 0 Å². The van der Waals surface area contributed by atoms with Crippen molar-refractivity contribution in [2.75, 3.05) is 19.7 Å². The molecular formula is C18H21N5O4S. The Bertz CT molecular complexity index is 1030. The molecule has 0 unspecified atom stereocenters. The third kappa shape index (κ3) is 2.79. The fraction of sp³-hybridized carbons (Fsp3) is 0.444. The number of amides is 1. The largest absolute Gasteiger partial charge is 0.490 e. The highest BCUT2D eigenvalue weighted by molar-refractivity contribution is 7.89. The number of para-hydroxylation sites is 1. The first-order valence-electron chi connectivity index (χ1n) is 9.35. The maximum absolute atomic E-state index is 13.1. The predicted octanol–water partition coefficient (Wildman–Crippen LogP) is 0.00940. The first-order valence-corrected chi connectivity index (χ1v) is 10.8. The fourth-order valence-corrected chi connectivity index (χ4v) is 6.02. The zero-order valence-electron chi connectivity index (χ0n) is 15.1. The Morgan fingerprint density at radius 2 is 2.18 bits per heavy atom. The number of carbonyl (C=O) groups excluding carboxylic acids is 1. The van der Waals surface area contributed by atoms with Gasteiger partial charge in [-0.15, -0.1) is 0 Å². The lowest BCUT2D eigenvalue weighted by molar-refractivity contribution is 0.0932. The van der Waals surface area contributed by atoms with E-state index < -0.39 is 10.0 Å². The van der Waals surface area contributed by atoms with Crippen molar-refractivity contribution in [2.45, 2.75) is 36.4 Å². The van der Waals surface area contributed by atoms with Crippen LogP contribution in [0, 0.1) is 0 Å². The Labute approximate surface area is 162 Å². The van der Waals surface area contributed by atoms with Crippen LogP contribution in [0.2, 0.25) is 0 Å². The number of H-pyrrole nitrogens is 1. The minimum atomic E-state index is -3.67. The Hall–Kier alpha value is -2.43. The predicted molar refractivity (Wildman–Crippen MR) is 99.5 cm³/mol. The highest BCUT2D eigenvalue weighted by atomic mass is 32.2. The number of aromatic nitrogens is 2. The Balaban J connectivity index is 1.35. The molecule has 5 rings (SSSR count). The number of hydrogen-bond donors (Lipinski definition) is 3. The first-order chi connectivity index (χ1) is 13.5. The molecular weight excluding hydrogens is 382 g/mol. The summed E-state index contributed by atoms with van der Waals surface area (Å²) < 4.78 is 33.3. The van der Waals surface area contributed by atoms with E-state index in [1.54, 1.807) is 24.3 Å². The maximum Gasteiger partial charge on any atom is 0.272 e. The molecule has 1 saturated heterocycles. The minimum absolute atomic E-state index is 0.179. The second-order valence-electron chi connectivity index (χ2n) is 7.35. The monoisotopic (exact) mass is 403 g/mol. The number of aromatic amines is 1. The maximum atomic E-state index is 13.1. The summed E-state index contributed by atoms with van der Waals surface area (Å²) in [6.07, 6.45) is 1.25. The molecule has 0 saturated carbocycles. The molecule has 4 heterocycles. The first kappa shape index (κ1) is 17.7. The molecule has 1 aromatic carbocycles. The van der Waals surface area contributed by atoms with Gasteiger partial charge in [-0.1, -0.05) is 12.1 Å². The summed E-state index contributed by atoms with van der Waals surface area (Å²) in [7, 11) is -3.67. The molecule has 0 aliphatic carbocycles. The molecule has 148 valence electrons. The number of fused-ring (bicyclic) bond motifs is 3. The molecule has 1 fully saturated rings. The summed E-state index contributed by atoms with van der Waals surface area (Å²) in [5.74, 6) is 0.120. The van der Waals surface area contributed by atoms with Crippen molar-refractivity contribution in [3.63, 3.8) is 0 Å². The molecule has 10 heteroatoms. The summed E-state index contributed by atoms with van der Waals surface area (Å²) >= 11 is 0. The lowest BCUT2D eigenvalue weighted by Crippen LogP contribution is -2.40. The summed E-state index contributed by atoms with van der Waals surface area (Å²) in [6, 6.07) is 6.08. The number of ether oxygens (including phenoxy) is 1. The standard InChI is InChI=1S/C18H21N5O4S/c24-18(17-13-5-6-19-8-14(13)21-22-17)20-11-7-12-10-27-15-3-1-2-4-16(15)28(25,26)23(12)9-11/h1-4,11-12,19H,5-10H2,(H,20,24)(H,21,22)/t11-,12-/m0/s1. The number of rotatable bonds is 2. The van der Waals surface area contributed by atoms with Crippen molar-refractivity contribution in [3.05, 3.63) is 41.2 Å². The van der Waals surface area contributed by atoms with Gasteiger partial charge < -0.3 is 15.4 Å². The van der Waals surface area contributed by atoms with E-state index in [1.807, 2.05) is 0 Å². The molecule has 28 heavy (non-hydrogen) atoms. The third-order valence-electron chi connectivity index (χ3n) is 5.59. The van der Waals surface area contributed by atoms with Crippen LogP contribution in [0.15, 0.2) is 29.2 Å². The Morgan fingerprint density at radius 3 is 3.07 bits per heavy atom. The zero-order valence-corrected chi connectivity index (χ0v) is 16.0. The second kappa shape index (κ2) is 6.57. The molecule has 3 N–H and O–H groups in total. The molecule has 2 atom stereocenters. The SMILES string of the molecule is O=C(N[C@H]1C[C@H]2COc3ccccc3S(=O)(=O)N2C1)c1n[nH]c2c1CCNC2. The average Bonchev–Trinajstić information content (AvgIpc) is 3.28. The van der Waals surface area contributed by atoms with Crippen molar-refractivity contribution in [2.24, 2.45) is 0 Å². The summed E-state index contributed by atoms with van der Waals surface area (Å²) in [4.78, 5) is 12.9. The lowest BCUT2D eigenvalue weighted by Gasteiger charge is -2.19. The molecule has 0 radical (unpaired) electrons. The van der Waals surface area contributed by atoms with Crippen molar-refractivity contribution in [3.8, 4) is 5.75 Å². The van der Waals surface area contributed by atoms with Crippen molar-refractivity contribution in [1.82, 2.24) is 25.1 Å². The third-order valence-corrected chi connectivity index (χ3v) is 7.55. The van der Waals surface area contributed by atoms with Gasteiger partial charge in [0.05, 0.1) is 11.7 Å². The van der Waals surface area contributed by atoms with E-state index in [2.05, 4.69) is 20.8 Å². The number of carbonyl (C=O) groups is 1. The molecule has 1 amide bonds. The summed E-state index contributed by atoms with van der Waals surface area (Å²) in [5, 5.41) is 13.3. The van der Waals surface area contributed by atoms with Crippen LogP contribution in [0.5, 0.6) is 5.75 Å². The highest BCUT2D eigenvalue weighted by Gasteiger charge is 2.44. The molecule has 3 aliphatic heterocycles. The number of sulfonamides is 1. The molecule has 2 aromatic rings. The highest BCUT2D eigenvalue weighted by Crippen LogP contribution is 2.35. The van der Waals surface area contributed by atoms with Crippen molar-refractivity contribution < 1.29 is 17.9 Å². The smallest absolute Gasteiger partial charge is 0.272 e. The Kier molecular flexibility index (Phi) is 4.14. The van der Waals surface area contributed by atoms with Crippen LogP contribution in [0.25, 0.3) is 0 Å². The van der Waals surface area contributed by atoms with E-state index >= 15 is 0 Å². The van der Waals surface area contributed by atoms with Crippen LogP contribution in [0.1, 0.15) is 28.2 Å². The van der Waals surface area contributed by atoms with E-state index in [4.69, 9.17) is 4.74 Å². The number of benzene rings is 1. The minimum Gasteiger partial charge on any atom is -0.490 e.